The minimum atomic E-state index is -0.767. The largest absolute Gasteiger partial charge is 0.481 e. The maximum atomic E-state index is 11.3. The van der Waals surface area contributed by atoms with Crippen molar-refractivity contribution in [2.45, 2.75) is 25.7 Å². The van der Waals surface area contributed by atoms with E-state index in [0.717, 1.165) is 25.9 Å². The maximum Gasteiger partial charge on any atom is 0.310 e. The molecule has 2 aliphatic rings. The van der Waals surface area contributed by atoms with Gasteiger partial charge in [-0.05, 0) is 38.9 Å². The van der Waals surface area contributed by atoms with E-state index in [2.05, 4.69) is 11.9 Å². The first-order valence-corrected chi connectivity index (χ1v) is 5.48. The fraction of sp³-hybridized carbons (Fsp3) is 0.818. The van der Waals surface area contributed by atoms with Crippen molar-refractivity contribution in [3.8, 4) is 0 Å². The highest BCUT2D eigenvalue weighted by Crippen LogP contribution is 2.48. The van der Waals surface area contributed by atoms with Gasteiger partial charge in [0.05, 0.1) is 5.41 Å². The van der Waals surface area contributed by atoms with Gasteiger partial charge in [-0.25, -0.2) is 0 Å². The van der Waals surface area contributed by atoms with Crippen LogP contribution >= 0.6 is 0 Å². The zero-order chi connectivity index (χ0) is 11.1. The molecule has 2 rings (SSSR count). The average Bonchev–Trinajstić information content (AvgIpc) is 2.13. The van der Waals surface area contributed by atoms with E-state index in [-0.39, 0.29) is 24.5 Å². The normalized spacial score (nSPS) is 27.4. The average molecular weight is 211 g/mol. The van der Waals surface area contributed by atoms with Gasteiger partial charge in [0.1, 0.15) is 5.78 Å². The second-order valence-corrected chi connectivity index (χ2v) is 4.93. The van der Waals surface area contributed by atoms with E-state index in [9.17, 15) is 14.7 Å². The lowest BCUT2D eigenvalue weighted by molar-refractivity contribution is -0.167. The van der Waals surface area contributed by atoms with Crippen molar-refractivity contribution in [3.63, 3.8) is 0 Å². The summed E-state index contributed by atoms with van der Waals surface area (Å²) in [5.74, 6) is -0.461. The molecule has 0 atom stereocenters. The molecule has 0 amide bonds. The van der Waals surface area contributed by atoms with Gasteiger partial charge in [-0.3, -0.25) is 9.59 Å². The van der Waals surface area contributed by atoms with Gasteiger partial charge in [0.2, 0.25) is 0 Å². The molecule has 0 radical (unpaired) electrons. The molecular formula is C11H17NO3. The fourth-order valence-corrected chi connectivity index (χ4v) is 2.83. The summed E-state index contributed by atoms with van der Waals surface area (Å²) in [5, 5.41) is 9.25. The van der Waals surface area contributed by atoms with Crippen molar-refractivity contribution in [2.75, 3.05) is 20.1 Å². The van der Waals surface area contributed by atoms with E-state index in [1.54, 1.807) is 0 Å². The lowest BCUT2D eigenvalue weighted by Gasteiger charge is -2.45. The van der Waals surface area contributed by atoms with E-state index in [1.165, 1.54) is 0 Å². The van der Waals surface area contributed by atoms with Crippen LogP contribution in [0.3, 0.4) is 0 Å². The molecular weight excluding hydrogens is 194 g/mol. The van der Waals surface area contributed by atoms with Crippen LogP contribution in [0.25, 0.3) is 0 Å². The maximum absolute atomic E-state index is 11.3. The highest BCUT2D eigenvalue weighted by atomic mass is 16.4. The first-order valence-electron chi connectivity index (χ1n) is 5.48. The molecule has 0 spiro atoms. The molecule has 0 aromatic carbocycles. The van der Waals surface area contributed by atoms with Gasteiger partial charge < -0.3 is 10.0 Å². The Kier molecular flexibility index (Phi) is 2.54. The molecule has 4 heteroatoms. The molecule has 0 unspecified atom stereocenters. The van der Waals surface area contributed by atoms with Crippen molar-refractivity contribution in [2.24, 2.45) is 11.3 Å². The third-order valence-corrected chi connectivity index (χ3v) is 3.95. The van der Waals surface area contributed by atoms with Crippen LogP contribution in [0.15, 0.2) is 0 Å². The molecule has 1 N–H and O–H groups in total. The predicted octanol–water partition coefficient (Wildman–Crippen LogP) is 0.762. The van der Waals surface area contributed by atoms with Gasteiger partial charge in [0.15, 0.2) is 0 Å². The van der Waals surface area contributed by atoms with Gasteiger partial charge >= 0.3 is 5.97 Å². The Hall–Kier alpha value is -0.900. The van der Waals surface area contributed by atoms with E-state index in [4.69, 9.17) is 0 Å². The van der Waals surface area contributed by atoms with Crippen LogP contribution in [0.5, 0.6) is 0 Å². The number of likely N-dealkylation sites (tertiary alicyclic amines) is 1. The molecule has 1 saturated carbocycles. The fourth-order valence-electron chi connectivity index (χ4n) is 2.83. The van der Waals surface area contributed by atoms with E-state index in [0.29, 0.717) is 0 Å². The Morgan fingerprint density at radius 3 is 2.33 bits per heavy atom. The summed E-state index contributed by atoms with van der Waals surface area (Å²) >= 11 is 0. The zero-order valence-corrected chi connectivity index (χ0v) is 9.03. The summed E-state index contributed by atoms with van der Waals surface area (Å²) in [5.41, 5.74) is -0.710. The van der Waals surface area contributed by atoms with Crippen molar-refractivity contribution in [1.29, 1.82) is 0 Å². The zero-order valence-electron chi connectivity index (χ0n) is 9.03. The molecule has 0 bridgehead atoms. The summed E-state index contributed by atoms with van der Waals surface area (Å²) in [6.07, 6.45) is 2.35. The first kappa shape index (κ1) is 10.6. The Balaban J connectivity index is 2.07. The minimum Gasteiger partial charge on any atom is -0.481 e. The molecule has 15 heavy (non-hydrogen) atoms. The Bertz CT molecular complexity index is 284. The quantitative estimate of drug-likeness (QED) is 0.732. The van der Waals surface area contributed by atoms with Gasteiger partial charge in [-0.2, -0.15) is 0 Å². The van der Waals surface area contributed by atoms with Crippen molar-refractivity contribution < 1.29 is 14.7 Å². The van der Waals surface area contributed by atoms with Gasteiger partial charge in [0.25, 0.3) is 0 Å². The molecule has 0 aromatic rings. The summed E-state index contributed by atoms with van der Waals surface area (Å²) in [7, 11) is 2.05. The van der Waals surface area contributed by atoms with Gasteiger partial charge in [-0.1, -0.05) is 0 Å². The second-order valence-electron chi connectivity index (χ2n) is 4.93. The van der Waals surface area contributed by atoms with Crippen LogP contribution in [0.2, 0.25) is 0 Å². The van der Waals surface area contributed by atoms with Crippen LogP contribution in [0.4, 0.5) is 0 Å². The summed E-state index contributed by atoms with van der Waals surface area (Å²) in [4.78, 5) is 24.5. The standard InChI is InChI=1S/C11H17NO3/c1-12-4-2-8(3-5-12)11(10(14)15)6-9(13)7-11/h8H,2-7H2,1H3,(H,14,15). The number of nitrogens with zero attached hydrogens (tertiary/aromatic N) is 1. The van der Waals surface area contributed by atoms with Crippen molar-refractivity contribution >= 4 is 11.8 Å². The van der Waals surface area contributed by atoms with E-state index >= 15 is 0 Å². The summed E-state index contributed by atoms with van der Waals surface area (Å²) in [6.45, 7) is 1.90. The molecule has 1 aliphatic heterocycles. The number of aliphatic carboxylic acids is 1. The van der Waals surface area contributed by atoms with E-state index < -0.39 is 11.4 Å². The number of ketones is 1. The SMILES string of the molecule is CN1CCC(C2(C(=O)O)CC(=O)C2)CC1. The molecule has 4 nitrogen and oxygen atoms in total. The lowest BCUT2D eigenvalue weighted by atomic mass is 9.58. The first-order chi connectivity index (χ1) is 7.04. The number of hydrogen-bond donors (Lipinski definition) is 1. The highest BCUT2D eigenvalue weighted by molar-refractivity contribution is 5.97. The highest BCUT2D eigenvalue weighted by Gasteiger charge is 2.55. The van der Waals surface area contributed by atoms with Crippen LogP contribution in [0, 0.1) is 11.3 Å². The number of carboxylic acid groups (broad SMARTS) is 1. The Labute approximate surface area is 89.3 Å². The number of rotatable bonds is 2. The lowest BCUT2D eigenvalue weighted by Crippen LogP contribution is -2.52. The molecule has 84 valence electrons. The van der Waals surface area contributed by atoms with Crippen LogP contribution in [0.1, 0.15) is 25.7 Å². The van der Waals surface area contributed by atoms with Crippen LogP contribution in [-0.2, 0) is 9.59 Å². The number of piperidine rings is 1. The molecule has 0 aromatic heterocycles. The topological polar surface area (TPSA) is 57.6 Å². The van der Waals surface area contributed by atoms with Crippen molar-refractivity contribution in [1.82, 2.24) is 4.90 Å². The predicted molar refractivity (Wildman–Crippen MR) is 54.5 cm³/mol. The number of carbonyl (C=O) groups excluding carboxylic acids is 1. The third-order valence-electron chi connectivity index (χ3n) is 3.95. The van der Waals surface area contributed by atoms with E-state index in [1.807, 2.05) is 0 Å². The molecule has 2 fully saturated rings. The summed E-state index contributed by atoms with van der Waals surface area (Å²) < 4.78 is 0. The second kappa shape index (κ2) is 3.59. The Morgan fingerprint density at radius 1 is 1.40 bits per heavy atom. The minimum absolute atomic E-state index is 0.108. The van der Waals surface area contributed by atoms with Gasteiger partial charge in [0, 0.05) is 12.8 Å². The third kappa shape index (κ3) is 1.67. The van der Waals surface area contributed by atoms with Gasteiger partial charge in [-0.15, -0.1) is 0 Å². The van der Waals surface area contributed by atoms with Crippen molar-refractivity contribution in [3.05, 3.63) is 0 Å². The molecule has 1 aliphatic carbocycles. The summed E-state index contributed by atoms with van der Waals surface area (Å²) in [6, 6.07) is 0. The monoisotopic (exact) mass is 211 g/mol. The number of carbonyl (C=O) groups is 2. The molecule has 1 heterocycles. The number of hydrogen-bond acceptors (Lipinski definition) is 3. The molecule has 1 saturated heterocycles. The van der Waals surface area contributed by atoms with Crippen LogP contribution < -0.4 is 0 Å². The Morgan fingerprint density at radius 2 is 1.93 bits per heavy atom. The van der Waals surface area contributed by atoms with Crippen LogP contribution in [-0.4, -0.2) is 41.9 Å². The smallest absolute Gasteiger partial charge is 0.310 e. The number of Topliss-reactive ketones (excluding diaryl/α,β-unsaturated/α-hetero) is 1. The number of carboxylic acids is 1.